The lowest BCUT2D eigenvalue weighted by molar-refractivity contribution is 0.643. The van der Waals surface area contributed by atoms with Crippen LogP contribution in [0.25, 0.3) is 0 Å². The van der Waals surface area contributed by atoms with E-state index in [4.69, 9.17) is 4.98 Å². The summed E-state index contributed by atoms with van der Waals surface area (Å²) in [6.07, 6.45) is 2.04. The van der Waals surface area contributed by atoms with Gasteiger partial charge in [-0.25, -0.2) is 9.97 Å². The van der Waals surface area contributed by atoms with Gasteiger partial charge in [0, 0.05) is 50.0 Å². The lowest BCUT2D eigenvalue weighted by Gasteiger charge is -2.36. The summed E-state index contributed by atoms with van der Waals surface area (Å²) in [4.78, 5) is 14.1. The molecule has 1 fully saturated rings. The van der Waals surface area contributed by atoms with Gasteiger partial charge in [-0.15, -0.1) is 12.4 Å². The van der Waals surface area contributed by atoms with Crippen LogP contribution in [0.5, 0.6) is 0 Å². The fourth-order valence-corrected chi connectivity index (χ4v) is 2.94. The summed E-state index contributed by atoms with van der Waals surface area (Å²) in [6.45, 7) is 8.33. The van der Waals surface area contributed by atoms with Crippen molar-refractivity contribution in [1.82, 2.24) is 9.97 Å². The zero-order chi connectivity index (χ0) is 15.4. The standard InChI is InChI=1S/C18H24N4.ClH/c1-3-7-17-19-15(2)14-18(20-17)22-12-10-21(11-13-22)16-8-5-4-6-9-16;/h4-6,8-9,14H,3,7,10-13H2,1-2H3;1H. The summed E-state index contributed by atoms with van der Waals surface area (Å²) in [6, 6.07) is 12.8. The number of aryl methyl sites for hydroxylation is 2. The maximum atomic E-state index is 4.74. The van der Waals surface area contributed by atoms with Crippen molar-refractivity contribution in [3.63, 3.8) is 0 Å². The van der Waals surface area contributed by atoms with Gasteiger partial charge in [0.1, 0.15) is 11.6 Å². The molecule has 0 spiro atoms. The Morgan fingerprint density at radius 3 is 2.26 bits per heavy atom. The highest BCUT2D eigenvalue weighted by Crippen LogP contribution is 2.19. The minimum atomic E-state index is 0. The number of anilines is 2. The maximum absolute atomic E-state index is 4.74. The van der Waals surface area contributed by atoms with Gasteiger partial charge in [-0.05, 0) is 25.5 Å². The number of rotatable bonds is 4. The van der Waals surface area contributed by atoms with Gasteiger partial charge in [-0.1, -0.05) is 25.1 Å². The Morgan fingerprint density at radius 2 is 1.61 bits per heavy atom. The second kappa shape index (κ2) is 8.16. The second-order valence-corrected chi connectivity index (χ2v) is 5.84. The van der Waals surface area contributed by atoms with Crippen LogP contribution in [0.1, 0.15) is 24.9 Å². The first-order valence-electron chi connectivity index (χ1n) is 8.16. The molecule has 0 amide bonds. The number of para-hydroxylation sites is 1. The van der Waals surface area contributed by atoms with E-state index >= 15 is 0 Å². The van der Waals surface area contributed by atoms with Crippen LogP contribution in [0, 0.1) is 6.92 Å². The van der Waals surface area contributed by atoms with Crippen LogP contribution in [0.3, 0.4) is 0 Å². The SMILES string of the molecule is CCCc1nc(C)cc(N2CCN(c3ccccc3)CC2)n1.Cl. The summed E-state index contributed by atoms with van der Waals surface area (Å²) in [5.74, 6) is 2.06. The van der Waals surface area contributed by atoms with Crippen LogP contribution in [0.2, 0.25) is 0 Å². The van der Waals surface area contributed by atoms with Crippen molar-refractivity contribution in [3.05, 3.63) is 47.9 Å². The smallest absolute Gasteiger partial charge is 0.132 e. The predicted octanol–water partition coefficient (Wildman–Crippen LogP) is 3.49. The van der Waals surface area contributed by atoms with E-state index in [-0.39, 0.29) is 12.4 Å². The Bertz CT molecular complexity index is 610. The van der Waals surface area contributed by atoms with Crippen LogP contribution in [0.4, 0.5) is 11.5 Å². The first-order chi connectivity index (χ1) is 10.8. The number of nitrogens with zero attached hydrogens (tertiary/aromatic N) is 4. The lowest BCUT2D eigenvalue weighted by Crippen LogP contribution is -2.47. The minimum Gasteiger partial charge on any atom is -0.368 e. The van der Waals surface area contributed by atoms with Crippen molar-refractivity contribution in [2.24, 2.45) is 0 Å². The topological polar surface area (TPSA) is 32.3 Å². The molecule has 23 heavy (non-hydrogen) atoms. The molecule has 0 saturated carbocycles. The van der Waals surface area contributed by atoms with Gasteiger partial charge in [0.2, 0.25) is 0 Å². The first kappa shape index (κ1) is 17.5. The molecule has 4 nitrogen and oxygen atoms in total. The van der Waals surface area contributed by atoms with Crippen LogP contribution in [0.15, 0.2) is 36.4 Å². The number of hydrogen-bond donors (Lipinski definition) is 0. The predicted molar refractivity (Wildman–Crippen MR) is 98.9 cm³/mol. The quantitative estimate of drug-likeness (QED) is 0.858. The monoisotopic (exact) mass is 332 g/mol. The number of benzene rings is 1. The number of halogens is 1. The highest BCUT2D eigenvalue weighted by atomic mass is 35.5. The van der Waals surface area contributed by atoms with Crippen molar-refractivity contribution >= 4 is 23.9 Å². The fourth-order valence-electron chi connectivity index (χ4n) is 2.94. The molecule has 0 bridgehead atoms. The molecular formula is C18H25ClN4. The molecule has 1 saturated heterocycles. The fraction of sp³-hybridized carbons (Fsp3) is 0.444. The molecule has 1 aromatic heterocycles. The third-order valence-electron chi connectivity index (χ3n) is 4.09. The highest BCUT2D eigenvalue weighted by molar-refractivity contribution is 5.85. The summed E-state index contributed by atoms with van der Waals surface area (Å²) in [7, 11) is 0. The number of aromatic nitrogens is 2. The van der Waals surface area contributed by atoms with E-state index in [1.54, 1.807) is 0 Å². The van der Waals surface area contributed by atoms with Gasteiger partial charge in [0.15, 0.2) is 0 Å². The molecule has 2 aromatic rings. The second-order valence-electron chi connectivity index (χ2n) is 5.84. The Balaban J connectivity index is 0.00000192. The summed E-state index contributed by atoms with van der Waals surface area (Å²) in [5, 5.41) is 0. The average Bonchev–Trinajstić information content (AvgIpc) is 2.56. The number of hydrogen-bond acceptors (Lipinski definition) is 4. The maximum Gasteiger partial charge on any atom is 0.132 e. The molecule has 0 unspecified atom stereocenters. The van der Waals surface area contributed by atoms with E-state index < -0.39 is 0 Å². The van der Waals surface area contributed by atoms with Crippen molar-refractivity contribution in [1.29, 1.82) is 0 Å². The third-order valence-corrected chi connectivity index (χ3v) is 4.09. The van der Waals surface area contributed by atoms with Crippen molar-refractivity contribution in [3.8, 4) is 0 Å². The summed E-state index contributed by atoms with van der Waals surface area (Å²) >= 11 is 0. The van der Waals surface area contributed by atoms with Crippen LogP contribution < -0.4 is 9.80 Å². The van der Waals surface area contributed by atoms with Crippen LogP contribution in [-0.4, -0.2) is 36.1 Å². The van der Waals surface area contributed by atoms with Gasteiger partial charge in [-0.3, -0.25) is 0 Å². The molecule has 0 N–H and O–H groups in total. The summed E-state index contributed by atoms with van der Waals surface area (Å²) < 4.78 is 0. The zero-order valence-corrected chi connectivity index (χ0v) is 14.7. The lowest BCUT2D eigenvalue weighted by atomic mass is 10.2. The first-order valence-corrected chi connectivity index (χ1v) is 8.16. The molecule has 2 heterocycles. The molecule has 0 atom stereocenters. The normalized spacial score (nSPS) is 14.5. The highest BCUT2D eigenvalue weighted by Gasteiger charge is 2.19. The van der Waals surface area contributed by atoms with E-state index in [0.717, 1.165) is 56.4 Å². The molecule has 1 aliphatic heterocycles. The number of piperazine rings is 1. The summed E-state index contributed by atoms with van der Waals surface area (Å²) in [5.41, 5.74) is 2.38. The minimum absolute atomic E-state index is 0. The molecule has 5 heteroatoms. The molecule has 0 aliphatic carbocycles. The van der Waals surface area contributed by atoms with Gasteiger partial charge in [0.05, 0.1) is 0 Å². The molecule has 124 valence electrons. The van der Waals surface area contributed by atoms with Gasteiger partial charge in [-0.2, -0.15) is 0 Å². The Kier molecular flexibility index (Phi) is 6.22. The van der Waals surface area contributed by atoms with Crippen LogP contribution in [-0.2, 0) is 6.42 Å². The van der Waals surface area contributed by atoms with E-state index in [9.17, 15) is 0 Å². The molecule has 1 aliphatic rings. The Morgan fingerprint density at radius 1 is 0.957 bits per heavy atom. The van der Waals surface area contributed by atoms with Gasteiger partial charge < -0.3 is 9.80 Å². The van der Waals surface area contributed by atoms with E-state index in [1.165, 1.54) is 5.69 Å². The molecule has 1 aromatic carbocycles. The third kappa shape index (κ3) is 4.35. The molecule has 3 rings (SSSR count). The van der Waals surface area contributed by atoms with E-state index in [1.807, 2.05) is 0 Å². The van der Waals surface area contributed by atoms with Crippen LogP contribution >= 0.6 is 12.4 Å². The van der Waals surface area contributed by atoms with Gasteiger partial charge >= 0.3 is 0 Å². The average molecular weight is 333 g/mol. The van der Waals surface area contributed by atoms with Crippen molar-refractivity contribution in [2.45, 2.75) is 26.7 Å². The van der Waals surface area contributed by atoms with E-state index in [0.29, 0.717) is 0 Å². The Hall–Kier alpha value is -1.81. The molecule has 0 radical (unpaired) electrons. The Labute approximate surface area is 145 Å². The van der Waals surface area contributed by atoms with Gasteiger partial charge in [0.25, 0.3) is 0 Å². The van der Waals surface area contributed by atoms with Crippen molar-refractivity contribution < 1.29 is 0 Å². The zero-order valence-electron chi connectivity index (χ0n) is 13.9. The largest absolute Gasteiger partial charge is 0.368 e. The van der Waals surface area contributed by atoms with Crippen molar-refractivity contribution in [2.75, 3.05) is 36.0 Å². The molecular weight excluding hydrogens is 308 g/mol. The van der Waals surface area contributed by atoms with E-state index in [2.05, 4.69) is 65.0 Å².